The number of hydrogen-bond donors (Lipinski definition) is 3. The van der Waals surface area contributed by atoms with E-state index in [9.17, 15) is 14.7 Å². The van der Waals surface area contributed by atoms with Gasteiger partial charge in [0, 0.05) is 17.3 Å². The third-order valence-electron chi connectivity index (χ3n) is 3.38. The lowest BCUT2D eigenvalue weighted by atomic mass is 10.1. The summed E-state index contributed by atoms with van der Waals surface area (Å²) in [5.74, 6) is -1.52. The number of amides is 2. The predicted molar refractivity (Wildman–Crippen MR) is 89.0 cm³/mol. The fraction of sp³-hybridized carbons (Fsp3) is 0.176. The summed E-state index contributed by atoms with van der Waals surface area (Å²) in [6.45, 7) is 1.85. The van der Waals surface area contributed by atoms with Gasteiger partial charge in [-0.15, -0.1) is 0 Å². The molecule has 0 aliphatic carbocycles. The van der Waals surface area contributed by atoms with Crippen molar-refractivity contribution in [3.63, 3.8) is 0 Å². The number of carbonyl (C=O) groups is 2. The minimum Gasteiger partial charge on any atom is -0.392 e. The van der Waals surface area contributed by atoms with E-state index in [0.717, 1.165) is 11.1 Å². The Kier molecular flexibility index (Phi) is 5.73. The van der Waals surface area contributed by atoms with Gasteiger partial charge in [-0.1, -0.05) is 41.9 Å². The van der Waals surface area contributed by atoms with Gasteiger partial charge in [0.2, 0.25) is 0 Å². The van der Waals surface area contributed by atoms with Gasteiger partial charge in [0.15, 0.2) is 0 Å². The maximum Gasteiger partial charge on any atom is 0.313 e. The first kappa shape index (κ1) is 17.0. The maximum absolute atomic E-state index is 11.9. The van der Waals surface area contributed by atoms with Gasteiger partial charge in [0.25, 0.3) is 0 Å². The number of hydrogen-bond acceptors (Lipinski definition) is 3. The second-order valence-corrected chi connectivity index (χ2v) is 5.46. The molecule has 0 aromatic heterocycles. The summed E-state index contributed by atoms with van der Waals surface area (Å²) in [7, 11) is 0. The van der Waals surface area contributed by atoms with E-state index in [1.807, 2.05) is 0 Å². The molecule has 120 valence electrons. The zero-order valence-electron chi connectivity index (χ0n) is 12.6. The van der Waals surface area contributed by atoms with Gasteiger partial charge in [-0.3, -0.25) is 9.59 Å². The second-order valence-electron chi connectivity index (χ2n) is 5.02. The second kappa shape index (κ2) is 7.76. The quantitative estimate of drug-likeness (QED) is 0.752. The highest BCUT2D eigenvalue weighted by atomic mass is 35.5. The van der Waals surface area contributed by atoms with Gasteiger partial charge >= 0.3 is 11.8 Å². The third kappa shape index (κ3) is 4.55. The predicted octanol–water partition coefficient (Wildman–Crippen LogP) is 2.40. The third-order valence-corrected chi connectivity index (χ3v) is 3.62. The van der Waals surface area contributed by atoms with Crippen molar-refractivity contribution in [2.45, 2.75) is 20.1 Å². The Labute approximate surface area is 139 Å². The minimum absolute atomic E-state index is 0.125. The van der Waals surface area contributed by atoms with Crippen molar-refractivity contribution in [3.05, 3.63) is 64.2 Å². The van der Waals surface area contributed by atoms with Crippen molar-refractivity contribution >= 4 is 29.1 Å². The first-order valence-corrected chi connectivity index (χ1v) is 7.42. The molecule has 0 atom stereocenters. The number of anilines is 1. The number of aryl methyl sites for hydroxylation is 1. The molecule has 0 heterocycles. The highest BCUT2D eigenvalue weighted by molar-refractivity contribution is 6.40. The maximum atomic E-state index is 11.9. The van der Waals surface area contributed by atoms with E-state index >= 15 is 0 Å². The van der Waals surface area contributed by atoms with Crippen molar-refractivity contribution in [1.82, 2.24) is 5.32 Å². The molecule has 2 aromatic rings. The minimum atomic E-state index is -0.767. The van der Waals surface area contributed by atoms with E-state index in [4.69, 9.17) is 11.6 Å². The molecule has 2 amide bonds. The summed E-state index contributed by atoms with van der Waals surface area (Å²) >= 11 is 5.88. The molecule has 0 fully saturated rings. The molecule has 0 saturated heterocycles. The van der Waals surface area contributed by atoms with Gasteiger partial charge in [-0.25, -0.2) is 0 Å². The Morgan fingerprint density at radius 3 is 2.48 bits per heavy atom. The molecule has 0 radical (unpaired) electrons. The smallest absolute Gasteiger partial charge is 0.313 e. The van der Waals surface area contributed by atoms with Crippen LogP contribution in [0.2, 0.25) is 5.02 Å². The van der Waals surface area contributed by atoms with Crippen molar-refractivity contribution in [3.8, 4) is 0 Å². The van der Waals surface area contributed by atoms with Crippen molar-refractivity contribution < 1.29 is 14.7 Å². The summed E-state index contributed by atoms with van der Waals surface area (Å²) in [5, 5.41) is 14.8. The molecule has 3 N–H and O–H groups in total. The molecular weight excluding hydrogens is 316 g/mol. The molecular formula is C17H17ClN2O3. The molecule has 0 unspecified atom stereocenters. The topological polar surface area (TPSA) is 78.4 Å². The fourth-order valence-corrected chi connectivity index (χ4v) is 2.22. The SMILES string of the molecule is Cc1ccc(Cl)cc1NC(=O)C(=O)NCc1ccccc1CO. The van der Waals surface area contributed by atoms with Crippen LogP contribution >= 0.6 is 11.6 Å². The largest absolute Gasteiger partial charge is 0.392 e. The van der Waals surface area contributed by atoms with Crippen LogP contribution in [0.4, 0.5) is 5.69 Å². The molecule has 23 heavy (non-hydrogen) atoms. The van der Waals surface area contributed by atoms with E-state index in [1.54, 1.807) is 49.4 Å². The number of aliphatic hydroxyl groups excluding tert-OH is 1. The van der Waals surface area contributed by atoms with E-state index in [2.05, 4.69) is 10.6 Å². The molecule has 2 rings (SSSR count). The molecule has 5 nitrogen and oxygen atoms in total. The Morgan fingerprint density at radius 2 is 1.78 bits per heavy atom. The number of rotatable bonds is 4. The van der Waals surface area contributed by atoms with Crippen LogP contribution in [0.5, 0.6) is 0 Å². The summed E-state index contributed by atoms with van der Waals surface area (Å²) in [6.07, 6.45) is 0. The lowest BCUT2D eigenvalue weighted by Crippen LogP contribution is -2.35. The first-order chi connectivity index (χ1) is 11.0. The molecule has 0 spiro atoms. The van der Waals surface area contributed by atoms with Crippen molar-refractivity contribution in [1.29, 1.82) is 0 Å². The van der Waals surface area contributed by atoms with Crippen LogP contribution < -0.4 is 10.6 Å². The lowest BCUT2D eigenvalue weighted by molar-refractivity contribution is -0.136. The molecule has 0 aliphatic rings. The van der Waals surface area contributed by atoms with E-state index in [1.165, 1.54) is 0 Å². The van der Waals surface area contributed by atoms with Gasteiger partial charge in [0.05, 0.1) is 6.61 Å². The van der Waals surface area contributed by atoms with E-state index in [-0.39, 0.29) is 13.2 Å². The molecule has 0 bridgehead atoms. The normalized spacial score (nSPS) is 10.2. The van der Waals surface area contributed by atoms with Gasteiger partial charge in [0.1, 0.15) is 0 Å². The van der Waals surface area contributed by atoms with E-state index < -0.39 is 11.8 Å². The molecule has 6 heteroatoms. The van der Waals surface area contributed by atoms with Crippen LogP contribution in [0.15, 0.2) is 42.5 Å². The van der Waals surface area contributed by atoms with Crippen LogP contribution in [-0.2, 0) is 22.7 Å². The van der Waals surface area contributed by atoms with Gasteiger partial charge in [-0.2, -0.15) is 0 Å². The Bertz CT molecular complexity index is 732. The highest BCUT2D eigenvalue weighted by Gasteiger charge is 2.15. The number of nitrogens with one attached hydrogen (secondary N) is 2. The standard InChI is InChI=1S/C17H17ClN2O3/c1-11-6-7-14(18)8-15(11)20-17(23)16(22)19-9-12-4-2-3-5-13(12)10-21/h2-8,21H,9-10H2,1H3,(H,19,22)(H,20,23). The Balaban J connectivity index is 1.98. The number of carbonyl (C=O) groups excluding carboxylic acids is 2. The highest BCUT2D eigenvalue weighted by Crippen LogP contribution is 2.20. The summed E-state index contributed by atoms with van der Waals surface area (Å²) in [6, 6.07) is 12.2. The zero-order valence-corrected chi connectivity index (χ0v) is 13.4. The lowest BCUT2D eigenvalue weighted by Gasteiger charge is -2.10. The van der Waals surface area contributed by atoms with Crippen LogP contribution in [-0.4, -0.2) is 16.9 Å². The van der Waals surface area contributed by atoms with Gasteiger partial charge in [-0.05, 0) is 35.7 Å². The summed E-state index contributed by atoms with van der Waals surface area (Å²) in [4.78, 5) is 23.8. The Hall–Kier alpha value is -2.37. The Morgan fingerprint density at radius 1 is 1.09 bits per heavy atom. The van der Waals surface area contributed by atoms with Crippen molar-refractivity contribution in [2.24, 2.45) is 0 Å². The molecule has 2 aromatic carbocycles. The van der Waals surface area contributed by atoms with Gasteiger partial charge < -0.3 is 15.7 Å². The van der Waals surface area contributed by atoms with Crippen LogP contribution in [0.3, 0.4) is 0 Å². The monoisotopic (exact) mass is 332 g/mol. The molecule has 0 saturated carbocycles. The first-order valence-electron chi connectivity index (χ1n) is 7.04. The van der Waals surface area contributed by atoms with Crippen LogP contribution in [0.1, 0.15) is 16.7 Å². The number of halogens is 1. The zero-order chi connectivity index (χ0) is 16.8. The van der Waals surface area contributed by atoms with Crippen LogP contribution in [0, 0.1) is 6.92 Å². The summed E-state index contributed by atoms with van der Waals surface area (Å²) in [5.41, 5.74) is 2.77. The van der Waals surface area contributed by atoms with E-state index in [0.29, 0.717) is 16.3 Å². The number of aliphatic hydroxyl groups is 1. The number of benzene rings is 2. The fourth-order valence-electron chi connectivity index (χ4n) is 2.05. The average molecular weight is 333 g/mol. The summed E-state index contributed by atoms with van der Waals surface area (Å²) < 4.78 is 0. The van der Waals surface area contributed by atoms with Crippen molar-refractivity contribution in [2.75, 3.05) is 5.32 Å². The van der Waals surface area contributed by atoms with Crippen LogP contribution in [0.25, 0.3) is 0 Å². The average Bonchev–Trinajstić information content (AvgIpc) is 2.56. The molecule has 0 aliphatic heterocycles.